The Morgan fingerprint density at radius 3 is 2.48 bits per heavy atom. The number of nitrogens with zero attached hydrogens (tertiary/aromatic N) is 3. The molecular formula is C21H23Cl2N3O2S. The van der Waals surface area contributed by atoms with Crippen LogP contribution in [0, 0.1) is 0 Å². The van der Waals surface area contributed by atoms with E-state index < -0.39 is 0 Å². The van der Waals surface area contributed by atoms with Crippen LogP contribution in [0.25, 0.3) is 10.2 Å². The minimum absolute atomic E-state index is 0.169. The van der Waals surface area contributed by atoms with Gasteiger partial charge in [0.1, 0.15) is 5.75 Å². The number of amides is 1. The van der Waals surface area contributed by atoms with E-state index in [1.807, 2.05) is 39.2 Å². The van der Waals surface area contributed by atoms with Crippen molar-refractivity contribution in [1.29, 1.82) is 0 Å². The van der Waals surface area contributed by atoms with Gasteiger partial charge in [0.05, 0.1) is 16.8 Å². The molecule has 0 N–H and O–H groups in total. The van der Waals surface area contributed by atoms with Gasteiger partial charge in [-0.15, -0.1) is 0 Å². The van der Waals surface area contributed by atoms with E-state index in [9.17, 15) is 4.79 Å². The van der Waals surface area contributed by atoms with E-state index in [1.165, 1.54) is 11.3 Å². The van der Waals surface area contributed by atoms with E-state index in [0.29, 0.717) is 33.9 Å². The van der Waals surface area contributed by atoms with E-state index in [0.717, 1.165) is 28.9 Å². The summed E-state index contributed by atoms with van der Waals surface area (Å²) >= 11 is 13.7. The molecule has 0 spiro atoms. The van der Waals surface area contributed by atoms with E-state index in [4.69, 9.17) is 32.9 Å². The number of halogens is 2. The maximum absolute atomic E-state index is 13.3. The molecule has 0 fully saturated rings. The number of fused-ring (bicyclic) bond motifs is 1. The number of carbonyl (C=O) groups excluding carboxylic acids is 1. The molecule has 0 aliphatic heterocycles. The molecule has 0 unspecified atom stereocenters. The van der Waals surface area contributed by atoms with Crippen LogP contribution in [-0.4, -0.2) is 49.6 Å². The van der Waals surface area contributed by atoms with Gasteiger partial charge in [-0.2, -0.15) is 0 Å². The summed E-state index contributed by atoms with van der Waals surface area (Å²) in [6.07, 6.45) is 0.813. The van der Waals surface area contributed by atoms with Crippen molar-refractivity contribution in [3.05, 3.63) is 52.0 Å². The van der Waals surface area contributed by atoms with Crippen LogP contribution >= 0.6 is 34.5 Å². The standard InChI is InChI=1S/C21H23Cl2N3O2S/c1-4-28-17-6-7-18-19(13-17)29-21(24-18)26(9-5-8-25(2)3)20(27)14-10-15(22)12-16(23)11-14/h6-7,10-13H,4-5,8-9H2,1-3H3. The summed E-state index contributed by atoms with van der Waals surface area (Å²) in [5, 5.41) is 1.51. The Morgan fingerprint density at radius 2 is 1.83 bits per heavy atom. The molecule has 154 valence electrons. The monoisotopic (exact) mass is 451 g/mol. The van der Waals surface area contributed by atoms with Crippen molar-refractivity contribution in [1.82, 2.24) is 9.88 Å². The second-order valence-corrected chi connectivity index (χ2v) is 8.71. The molecule has 5 nitrogen and oxygen atoms in total. The maximum atomic E-state index is 13.3. The first kappa shape index (κ1) is 21.8. The lowest BCUT2D eigenvalue weighted by Crippen LogP contribution is -2.33. The van der Waals surface area contributed by atoms with Crippen molar-refractivity contribution >= 4 is 55.8 Å². The van der Waals surface area contributed by atoms with Gasteiger partial charge >= 0.3 is 0 Å². The number of aromatic nitrogens is 1. The van der Waals surface area contributed by atoms with Crippen LogP contribution in [0.1, 0.15) is 23.7 Å². The highest BCUT2D eigenvalue weighted by Crippen LogP contribution is 2.33. The van der Waals surface area contributed by atoms with Crippen LogP contribution in [-0.2, 0) is 0 Å². The van der Waals surface area contributed by atoms with Gasteiger partial charge in [-0.05, 0) is 70.4 Å². The quantitative estimate of drug-likeness (QED) is 0.446. The molecule has 3 rings (SSSR count). The summed E-state index contributed by atoms with van der Waals surface area (Å²) in [5.74, 6) is 0.625. The average Bonchev–Trinajstić information content (AvgIpc) is 3.07. The molecule has 8 heteroatoms. The molecule has 0 saturated heterocycles. The fourth-order valence-electron chi connectivity index (χ4n) is 2.93. The molecule has 0 aliphatic carbocycles. The molecule has 3 aromatic rings. The number of thiazole rings is 1. The third-order valence-corrected chi connectivity index (χ3v) is 5.71. The third-order valence-electron chi connectivity index (χ3n) is 4.23. The smallest absolute Gasteiger partial charge is 0.260 e. The number of rotatable bonds is 8. The maximum Gasteiger partial charge on any atom is 0.260 e. The molecule has 0 saturated carbocycles. The summed E-state index contributed by atoms with van der Waals surface area (Å²) in [6.45, 7) is 3.95. The lowest BCUT2D eigenvalue weighted by molar-refractivity contribution is 0.0986. The zero-order chi connectivity index (χ0) is 21.0. The Kier molecular flexibility index (Phi) is 7.35. The molecular weight excluding hydrogens is 429 g/mol. The molecule has 29 heavy (non-hydrogen) atoms. The van der Waals surface area contributed by atoms with E-state index in [-0.39, 0.29) is 5.91 Å². The highest BCUT2D eigenvalue weighted by atomic mass is 35.5. The van der Waals surface area contributed by atoms with Gasteiger partial charge in [0.2, 0.25) is 0 Å². The van der Waals surface area contributed by atoms with E-state index >= 15 is 0 Å². The van der Waals surface area contributed by atoms with Gasteiger partial charge in [0.25, 0.3) is 5.91 Å². The van der Waals surface area contributed by atoms with Gasteiger partial charge in [0, 0.05) is 22.2 Å². The Balaban J connectivity index is 1.95. The molecule has 0 aliphatic rings. The van der Waals surface area contributed by atoms with Gasteiger partial charge in [-0.1, -0.05) is 34.5 Å². The zero-order valence-corrected chi connectivity index (χ0v) is 18.9. The fraction of sp³-hybridized carbons (Fsp3) is 0.333. The lowest BCUT2D eigenvalue weighted by atomic mass is 10.2. The second kappa shape index (κ2) is 9.76. The number of ether oxygens (including phenoxy) is 1. The highest BCUT2D eigenvalue weighted by molar-refractivity contribution is 7.22. The highest BCUT2D eigenvalue weighted by Gasteiger charge is 2.22. The largest absolute Gasteiger partial charge is 0.494 e. The lowest BCUT2D eigenvalue weighted by Gasteiger charge is -2.21. The Bertz CT molecular complexity index is 987. The number of hydrogen-bond donors (Lipinski definition) is 0. The van der Waals surface area contributed by atoms with Crippen LogP contribution in [0.2, 0.25) is 10.0 Å². The fourth-order valence-corrected chi connectivity index (χ4v) is 4.47. The van der Waals surface area contributed by atoms with Crippen molar-refractivity contribution in [2.75, 3.05) is 38.7 Å². The summed E-state index contributed by atoms with van der Waals surface area (Å²) in [7, 11) is 4.02. The van der Waals surface area contributed by atoms with Crippen molar-refractivity contribution < 1.29 is 9.53 Å². The zero-order valence-electron chi connectivity index (χ0n) is 16.6. The molecule has 0 radical (unpaired) electrons. The number of carbonyl (C=O) groups is 1. The first-order valence-electron chi connectivity index (χ1n) is 9.33. The second-order valence-electron chi connectivity index (χ2n) is 6.83. The molecule has 1 heterocycles. The van der Waals surface area contributed by atoms with E-state index in [2.05, 4.69) is 4.90 Å². The number of benzene rings is 2. The van der Waals surface area contributed by atoms with Crippen LogP contribution in [0.4, 0.5) is 5.13 Å². The van der Waals surface area contributed by atoms with Crippen LogP contribution in [0.15, 0.2) is 36.4 Å². The van der Waals surface area contributed by atoms with Crippen molar-refractivity contribution in [3.8, 4) is 5.75 Å². The minimum Gasteiger partial charge on any atom is -0.494 e. The Labute approximate surface area is 184 Å². The molecule has 0 atom stereocenters. The first-order chi connectivity index (χ1) is 13.9. The summed E-state index contributed by atoms with van der Waals surface area (Å²) in [4.78, 5) is 21.8. The van der Waals surface area contributed by atoms with E-state index in [1.54, 1.807) is 23.1 Å². The molecule has 1 amide bonds. The molecule has 2 aromatic carbocycles. The summed E-state index contributed by atoms with van der Waals surface area (Å²) in [5.41, 5.74) is 1.28. The van der Waals surface area contributed by atoms with Gasteiger partial charge in [-0.3, -0.25) is 9.69 Å². The topological polar surface area (TPSA) is 45.7 Å². The van der Waals surface area contributed by atoms with Gasteiger partial charge < -0.3 is 9.64 Å². The number of hydrogen-bond acceptors (Lipinski definition) is 5. The van der Waals surface area contributed by atoms with Crippen LogP contribution in [0.3, 0.4) is 0 Å². The SMILES string of the molecule is CCOc1ccc2nc(N(CCCN(C)C)C(=O)c3cc(Cl)cc(Cl)c3)sc2c1. The molecule has 0 bridgehead atoms. The van der Waals surface area contributed by atoms with Crippen molar-refractivity contribution in [2.45, 2.75) is 13.3 Å². The van der Waals surface area contributed by atoms with Crippen LogP contribution < -0.4 is 9.64 Å². The Hall–Kier alpha value is -1.86. The Morgan fingerprint density at radius 1 is 1.10 bits per heavy atom. The number of anilines is 1. The van der Waals surface area contributed by atoms with Gasteiger partial charge in [-0.25, -0.2) is 4.98 Å². The third kappa shape index (κ3) is 5.60. The summed E-state index contributed by atoms with van der Waals surface area (Å²) < 4.78 is 6.55. The summed E-state index contributed by atoms with van der Waals surface area (Å²) in [6, 6.07) is 10.6. The van der Waals surface area contributed by atoms with Crippen molar-refractivity contribution in [2.24, 2.45) is 0 Å². The van der Waals surface area contributed by atoms with Crippen molar-refractivity contribution in [3.63, 3.8) is 0 Å². The van der Waals surface area contributed by atoms with Crippen LogP contribution in [0.5, 0.6) is 5.75 Å². The average molecular weight is 452 g/mol. The normalized spacial score (nSPS) is 11.2. The molecule has 1 aromatic heterocycles. The first-order valence-corrected chi connectivity index (χ1v) is 10.9. The predicted molar refractivity (Wildman–Crippen MR) is 122 cm³/mol. The van der Waals surface area contributed by atoms with Gasteiger partial charge in [0.15, 0.2) is 5.13 Å². The predicted octanol–water partition coefficient (Wildman–Crippen LogP) is 5.60. The minimum atomic E-state index is -0.169.